The Hall–Kier alpha value is -2.03. The van der Waals surface area contributed by atoms with Crippen LogP contribution in [0.4, 0.5) is 13.6 Å². The molecule has 3 rings (SSSR count). The van der Waals surface area contributed by atoms with Crippen molar-refractivity contribution in [2.45, 2.75) is 82.6 Å². The Balaban J connectivity index is 1.79. The maximum Gasteiger partial charge on any atom is 0.407 e. The van der Waals surface area contributed by atoms with E-state index in [2.05, 4.69) is 38.7 Å². The zero-order valence-corrected chi connectivity index (χ0v) is 22.1. The molecule has 0 bridgehead atoms. The average molecular weight is 553 g/mol. The Kier molecular flexibility index (Phi) is 9.29. The number of alkyl carbamates (subject to hydrolysis) is 1. The van der Waals surface area contributed by atoms with Crippen LogP contribution < -0.4 is 10.6 Å². The van der Waals surface area contributed by atoms with Crippen molar-refractivity contribution in [3.63, 3.8) is 0 Å². The summed E-state index contributed by atoms with van der Waals surface area (Å²) in [5.41, 5.74) is 0.449. The first kappa shape index (κ1) is 27.6. The highest BCUT2D eigenvalue weighted by molar-refractivity contribution is 9.10. The normalized spacial score (nSPS) is 17.5. The van der Waals surface area contributed by atoms with Crippen molar-refractivity contribution in [1.29, 1.82) is 0 Å². The first-order valence-electron chi connectivity index (χ1n) is 12.1. The van der Waals surface area contributed by atoms with E-state index in [0.717, 1.165) is 48.2 Å². The Morgan fingerprint density at radius 1 is 1.11 bits per heavy atom. The predicted molar refractivity (Wildman–Crippen MR) is 136 cm³/mol. The van der Waals surface area contributed by atoms with E-state index < -0.39 is 35.5 Å². The fourth-order valence-corrected chi connectivity index (χ4v) is 5.08. The molecule has 1 fully saturated rings. The Bertz CT molecular complexity index is 986. The number of carbonyl (C=O) groups excluding carboxylic acids is 1. The second-order valence-corrected chi connectivity index (χ2v) is 11.3. The molecule has 2 unspecified atom stereocenters. The van der Waals surface area contributed by atoms with Crippen LogP contribution in [0.15, 0.2) is 46.9 Å². The third-order valence-corrected chi connectivity index (χ3v) is 6.77. The molecule has 1 aliphatic rings. The van der Waals surface area contributed by atoms with Crippen LogP contribution >= 0.6 is 15.9 Å². The molecule has 35 heavy (non-hydrogen) atoms. The van der Waals surface area contributed by atoms with Gasteiger partial charge in [-0.25, -0.2) is 13.6 Å². The van der Waals surface area contributed by atoms with Gasteiger partial charge in [0.2, 0.25) is 0 Å². The van der Waals surface area contributed by atoms with Gasteiger partial charge in [0, 0.05) is 22.6 Å². The predicted octanol–water partition coefficient (Wildman–Crippen LogP) is 5.97. The van der Waals surface area contributed by atoms with Gasteiger partial charge in [-0.3, -0.25) is 0 Å². The van der Waals surface area contributed by atoms with Crippen LogP contribution in [-0.4, -0.2) is 35.5 Å². The highest BCUT2D eigenvalue weighted by Crippen LogP contribution is 2.38. The molecule has 1 saturated carbocycles. The van der Waals surface area contributed by atoms with Gasteiger partial charge < -0.3 is 20.5 Å². The summed E-state index contributed by atoms with van der Waals surface area (Å²) in [6, 6.07) is 10.5. The molecule has 3 N–H and O–H groups in total. The SMILES string of the molecule is CC(C)(C)OC(=O)NC(Cc1cc(F)cc(F)c1)C(O)CNC1(c2cccc(Br)c2)CCCCC1. The van der Waals surface area contributed by atoms with Crippen molar-refractivity contribution in [1.82, 2.24) is 10.6 Å². The molecule has 1 amide bonds. The number of nitrogens with one attached hydrogen (secondary N) is 2. The van der Waals surface area contributed by atoms with Crippen molar-refractivity contribution in [2.24, 2.45) is 0 Å². The molecular formula is C27H35BrF2N2O3. The maximum atomic E-state index is 13.8. The van der Waals surface area contributed by atoms with Gasteiger partial charge >= 0.3 is 6.09 Å². The standard InChI is InChI=1S/C27H35BrF2N2O3/c1-26(2,3)35-25(34)32-23(14-18-12-21(29)16-22(30)13-18)24(33)17-31-27(10-5-4-6-11-27)19-8-7-9-20(28)15-19/h7-9,12-13,15-16,23-24,31,33H,4-6,10-11,14,17H2,1-3H3,(H,32,34). The summed E-state index contributed by atoms with van der Waals surface area (Å²) in [5.74, 6) is -1.42. The van der Waals surface area contributed by atoms with Crippen molar-refractivity contribution in [2.75, 3.05) is 6.54 Å². The van der Waals surface area contributed by atoms with E-state index >= 15 is 0 Å². The van der Waals surface area contributed by atoms with Crippen molar-refractivity contribution in [3.05, 3.63) is 69.7 Å². The number of hydrogen-bond donors (Lipinski definition) is 3. The number of benzene rings is 2. The molecule has 1 aliphatic carbocycles. The summed E-state index contributed by atoms with van der Waals surface area (Å²) >= 11 is 3.56. The second kappa shape index (κ2) is 11.8. The average Bonchev–Trinajstić information content (AvgIpc) is 2.76. The molecule has 0 heterocycles. The van der Waals surface area contributed by atoms with Crippen LogP contribution in [0, 0.1) is 11.6 Å². The third-order valence-electron chi connectivity index (χ3n) is 6.28. The molecule has 192 valence electrons. The van der Waals surface area contributed by atoms with Gasteiger partial charge in [-0.1, -0.05) is 47.3 Å². The second-order valence-electron chi connectivity index (χ2n) is 10.3. The molecule has 0 aromatic heterocycles. The van der Waals surface area contributed by atoms with Gasteiger partial charge in [0.1, 0.15) is 17.2 Å². The van der Waals surface area contributed by atoms with Crippen LogP contribution in [-0.2, 0) is 16.7 Å². The lowest BCUT2D eigenvalue weighted by Crippen LogP contribution is -2.53. The first-order valence-corrected chi connectivity index (χ1v) is 12.9. The number of amides is 1. The maximum absolute atomic E-state index is 13.8. The molecule has 8 heteroatoms. The van der Waals surface area contributed by atoms with Gasteiger partial charge in [-0.2, -0.15) is 0 Å². The number of ether oxygens (including phenoxy) is 1. The van der Waals surface area contributed by atoms with E-state index in [1.165, 1.54) is 12.1 Å². The highest BCUT2D eigenvalue weighted by atomic mass is 79.9. The summed E-state index contributed by atoms with van der Waals surface area (Å²) in [6.45, 7) is 5.41. The number of hydrogen-bond acceptors (Lipinski definition) is 4. The monoisotopic (exact) mass is 552 g/mol. The van der Waals surface area contributed by atoms with Gasteiger partial charge in [-0.15, -0.1) is 0 Å². The van der Waals surface area contributed by atoms with Crippen LogP contribution in [0.3, 0.4) is 0 Å². The van der Waals surface area contributed by atoms with Gasteiger partial charge in [0.15, 0.2) is 0 Å². The van der Waals surface area contributed by atoms with E-state index in [9.17, 15) is 18.7 Å². The molecule has 0 spiro atoms. The highest BCUT2D eigenvalue weighted by Gasteiger charge is 2.35. The summed E-state index contributed by atoms with van der Waals surface area (Å²) in [4.78, 5) is 12.5. The molecule has 0 aliphatic heterocycles. The van der Waals surface area contributed by atoms with E-state index in [0.29, 0.717) is 5.56 Å². The first-order chi connectivity index (χ1) is 16.5. The minimum atomic E-state index is -1.03. The Morgan fingerprint density at radius 3 is 2.37 bits per heavy atom. The zero-order chi connectivity index (χ0) is 25.6. The molecular weight excluding hydrogens is 518 g/mol. The number of halogens is 3. The van der Waals surface area contributed by atoms with E-state index in [-0.39, 0.29) is 18.5 Å². The Morgan fingerprint density at radius 2 is 1.77 bits per heavy atom. The molecule has 2 aromatic carbocycles. The number of carbonyl (C=O) groups is 1. The lowest BCUT2D eigenvalue weighted by atomic mass is 9.76. The Labute approximate surface area is 214 Å². The van der Waals surface area contributed by atoms with E-state index in [1.807, 2.05) is 12.1 Å². The molecule has 2 atom stereocenters. The van der Waals surface area contributed by atoms with Gasteiger partial charge in [-0.05, 0) is 75.4 Å². The molecule has 2 aromatic rings. The van der Waals surface area contributed by atoms with Crippen LogP contribution in [0.25, 0.3) is 0 Å². The van der Waals surface area contributed by atoms with E-state index in [1.54, 1.807) is 20.8 Å². The lowest BCUT2D eigenvalue weighted by Gasteiger charge is -2.40. The lowest BCUT2D eigenvalue weighted by molar-refractivity contribution is 0.0408. The minimum Gasteiger partial charge on any atom is -0.444 e. The van der Waals surface area contributed by atoms with Crippen molar-refractivity contribution >= 4 is 22.0 Å². The largest absolute Gasteiger partial charge is 0.444 e. The summed E-state index contributed by atoms with van der Waals surface area (Å²) in [7, 11) is 0. The van der Waals surface area contributed by atoms with Crippen molar-refractivity contribution in [3.8, 4) is 0 Å². The van der Waals surface area contributed by atoms with Crippen LogP contribution in [0.1, 0.15) is 64.0 Å². The quantitative estimate of drug-likeness (QED) is 0.377. The summed E-state index contributed by atoms with van der Waals surface area (Å²) in [6.07, 6.45) is 3.47. The van der Waals surface area contributed by atoms with Gasteiger partial charge in [0.05, 0.1) is 12.1 Å². The minimum absolute atomic E-state index is 0.0423. The zero-order valence-electron chi connectivity index (χ0n) is 20.5. The number of rotatable bonds is 8. The third kappa shape index (κ3) is 8.26. The fraction of sp³-hybridized carbons (Fsp3) is 0.519. The number of aliphatic hydroxyl groups excluding tert-OH is 1. The molecule has 0 radical (unpaired) electrons. The van der Waals surface area contributed by atoms with E-state index in [4.69, 9.17) is 4.74 Å². The fourth-order valence-electron chi connectivity index (χ4n) is 4.68. The molecule has 0 saturated heterocycles. The number of aliphatic hydroxyl groups is 1. The smallest absolute Gasteiger partial charge is 0.407 e. The topological polar surface area (TPSA) is 70.6 Å². The summed E-state index contributed by atoms with van der Waals surface area (Å²) in [5, 5.41) is 17.5. The molecule has 5 nitrogen and oxygen atoms in total. The van der Waals surface area contributed by atoms with Crippen LogP contribution in [0.5, 0.6) is 0 Å². The van der Waals surface area contributed by atoms with Crippen LogP contribution in [0.2, 0.25) is 0 Å². The van der Waals surface area contributed by atoms with Gasteiger partial charge in [0.25, 0.3) is 0 Å². The van der Waals surface area contributed by atoms with Crippen molar-refractivity contribution < 1.29 is 23.4 Å². The summed E-state index contributed by atoms with van der Waals surface area (Å²) < 4.78 is 33.9.